The summed E-state index contributed by atoms with van der Waals surface area (Å²) in [6.07, 6.45) is 4.43. The number of hydrogen-bond acceptors (Lipinski definition) is 4. The molecular formula is C17H11Cl2NO3S. The van der Waals surface area contributed by atoms with Gasteiger partial charge in [0, 0.05) is 28.7 Å². The number of carbonyl (C=O) groups excluding carboxylic acids is 1. The second kappa shape index (κ2) is 6.81. The molecule has 0 fully saturated rings. The number of halogens is 2. The van der Waals surface area contributed by atoms with Crippen LogP contribution in [0.2, 0.25) is 10.0 Å². The van der Waals surface area contributed by atoms with Crippen molar-refractivity contribution in [2.45, 2.75) is 0 Å². The molecule has 2 aromatic heterocycles. The summed E-state index contributed by atoms with van der Waals surface area (Å²) in [6.45, 7) is 0. The molecule has 122 valence electrons. The van der Waals surface area contributed by atoms with Crippen molar-refractivity contribution in [3.05, 3.63) is 77.5 Å². The molecule has 3 rings (SSSR count). The van der Waals surface area contributed by atoms with Gasteiger partial charge in [-0.2, -0.15) is 0 Å². The minimum Gasteiger partial charge on any atom is -0.461 e. The Labute approximate surface area is 150 Å². The molecule has 4 nitrogen and oxygen atoms in total. The molecule has 0 saturated carbocycles. The second-order valence-corrected chi connectivity index (χ2v) is 6.81. The van der Waals surface area contributed by atoms with E-state index in [4.69, 9.17) is 27.6 Å². The van der Waals surface area contributed by atoms with E-state index in [1.165, 1.54) is 28.2 Å². The average molecular weight is 380 g/mol. The van der Waals surface area contributed by atoms with E-state index in [9.17, 15) is 9.59 Å². The number of furan rings is 1. The van der Waals surface area contributed by atoms with Crippen LogP contribution in [0, 0.1) is 0 Å². The van der Waals surface area contributed by atoms with Crippen LogP contribution in [-0.4, -0.2) is 10.4 Å². The lowest BCUT2D eigenvalue weighted by atomic mass is 10.2. The molecule has 0 N–H and O–H groups in total. The smallest absolute Gasteiger partial charge is 0.268 e. The first-order valence-electron chi connectivity index (χ1n) is 6.88. The number of ketones is 1. The summed E-state index contributed by atoms with van der Waals surface area (Å²) in [5.74, 6) is -0.0882. The number of carbonyl (C=O) groups is 1. The predicted molar refractivity (Wildman–Crippen MR) is 96.3 cm³/mol. The molecule has 0 aliphatic heterocycles. The van der Waals surface area contributed by atoms with Crippen LogP contribution in [0.3, 0.4) is 0 Å². The Bertz CT molecular complexity index is 1060. The van der Waals surface area contributed by atoms with Gasteiger partial charge >= 0.3 is 0 Å². The van der Waals surface area contributed by atoms with E-state index in [2.05, 4.69) is 0 Å². The molecule has 0 aliphatic carbocycles. The molecule has 0 spiro atoms. The summed E-state index contributed by atoms with van der Waals surface area (Å²) < 4.78 is 7.42. The van der Waals surface area contributed by atoms with Crippen LogP contribution >= 0.6 is 34.5 Å². The van der Waals surface area contributed by atoms with Gasteiger partial charge in [0.2, 0.25) is 5.78 Å². The molecule has 7 heteroatoms. The van der Waals surface area contributed by atoms with E-state index in [1.54, 1.807) is 43.5 Å². The monoisotopic (exact) mass is 379 g/mol. The van der Waals surface area contributed by atoms with E-state index in [1.807, 2.05) is 0 Å². The molecule has 0 atom stereocenters. The molecule has 0 unspecified atom stereocenters. The van der Waals surface area contributed by atoms with Gasteiger partial charge in [-0.25, -0.2) is 0 Å². The lowest BCUT2D eigenvalue weighted by molar-refractivity contribution is 0.103. The largest absolute Gasteiger partial charge is 0.461 e. The number of thiazole rings is 1. The van der Waals surface area contributed by atoms with E-state index in [-0.39, 0.29) is 17.1 Å². The van der Waals surface area contributed by atoms with Gasteiger partial charge in [-0.3, -0.25) is 9.59 Å². The van der Waals surface area contributed by atoms with Crippen molar-refractivity contribution in [2.75, 3.05) is 0 Å². The van der Waals surface area contributed by atoms with Gasteiger partial charge in [0.1, 0.15) is 4.66 Å². The molecule has 0 bridgehead atoms. The van der Waals surface area contributed by atoms with Crippen molar-refractivity contribution in [1.29, 1.82) is 0 Å². The maximum absolute atomic E-state index is 12.4. The zero-order valence-corrected chi connectivity index (χ0v) is 14.8. The lowest BCUT2D eigenvalue weighted by Crippen LogP contribution is -2.29. The Hall–Kier alpha value is -2.08. The zero-order valence-electron chi connectivity index (χ0n) is 12.5. The van der Waals surface area contributed by atoms with Gasteiger partial charge in [-0.1, -0.05) is 29.3 Å². The zero-order chi connectivity index (χ0) is 17.3. The normalized spacial score (nSPS) is 12.8. The average Bonchev–Trinajstić information content (AvgIpc) is 3.16. The Morgan fingerprint density at radius 3 is 2.54 bits per heavy atom. The van der Waals surface area contributed by atoms with Crippen LogP contribution in [0.4, 0.5) is 0 Å². The van der Waals surface area contributed by atoms with E-state index in [0.717, 1.165) is 0 Å². The maximum atomic E-state index is 12.4. The molecule has 0 radical (unpaired) electrons. The highest BCUT2D eigenvalue weighted by molar-refractivity contribution is 7.07. The Morgan fingerprint density at radius 1 is 1.21 bits per heavy atom. The number of hydrogen-bond donors (Lipinski definition) is 0. The van der Waals surface area contributed by atoms with Crippen molar-refractivity contribution in [2.24, 2.45) is 7.05 Å². The Balaban J connectivity index is 2.15. The van der Waals surface area contributed by atoms with Gasteiger partial charge in [-0.15, -0.1) is 11.3 Å². The molecular weight excluding hydrogens is 369 g/mol. The summed E-state index contributed by atoms with van der Waals surface area (Å²) in [5.41, 5.74) is 0.346. The molecule has 1 aromatic carbocycles. The van der Waals surface area contributed by atoms with E-state index < -0.39 is 0 Å². The summed E-state index contributed by atoms with van der Waals surface area (Å²) in [4.78, 5) is 24.5. The molecule has 0 aliphatic rings. The van der Waals surface area contributed by atoms with E-state index in [0.29, 0.717) is 24.8 Å². The summed E-state index contributed by atoms with van der Waals surface area (Å²) in [6, 6.07) is 8.33. The highest BCUT2D eigenvalue weighted by Crippen LogP contribution is 2.24. The molecule has 2 heterocycles. The second-order valence-electron chi connectivity index (χ2n) is 4.93. The van der Waals surface area contributed by atoms with Crippen molar-refractivity contribution >= 4 is 52.5 Å². The minimum absolute atomic E-state index is 0.218. The maximum Gasteiger partial charge on any atom is 0.268 e. The van der Waals surface area contributed by atoms with Gasteiger partial charge in [-0.05, 0) is 30.3 Å². The van der Waals surface area contributed by atoms with Crippen LogP contribution in [0.15, 0.2) is 45.8 Å². The molecule has 0 amide bonds. The number of Topliss-reactive ketones (excluding diaryl/α,β-unsaturated/α-hetero) is 1. The van der Waals surface area contributed by atoms with Crippen molar-refractivity contribution in [3.63, 3.8) is 0 Å². The highest BCUT2D eigenvalue weighted by atomic mass is 35.5. The molecule has 0 saturated heterocycles. The molecule has 3 aromatic rings. The fourth-order valence-corrected chi connectivity index (χ4v) is 3.61. The highest BCUT2D eigenvalue weighted by Gasteiger charge is 2.09. The third-order valence-electron chi connectivity index (χ3n) is 3.35. The summed E-state index contributed by atoms with van der Waals surface area (Å²) >= 11 is 13.5. The van der Waals surface area contributed by atoms with Crippen molar-refractivity contribution in [1.82, 2.24) is 4.57 Å². The first-order valence-corrected chi connectivity index (χ1v) is 8.46. The van der Waals surface area contributed by atoms with Crippen LogP contribution < -0.4 is 14.8 Å². The standard InChI is InChI=1S/C17H11Cl2NO3S/c1-20-16(9-13(21)14-6-3-7-23-14)24-15(17(20)22)8-10-11(18)4-2-5-12(10)19/h2-9H,1H3/b15-8-,16-9+. The van der Waals surface area contributed by atoms with Crippen LogP contribution in [-0.2, 0) is 7.05 Å². The lowest BCUT2D eigenvalue weighted by Gasteiger charge is -1.99. The summed E-state index contributed by atoms with van der Waals surface area (Å²) in [5, 5.41) is 0.908. The van der Waals surface area contributed by atoms with Crippen molar-refractivity contribution in [3.8, 4) is 0 Å². The SMILES string of the molecule is Cn1c(=O)/c(=C/c2c(Cl)cccc2Cl)s/c1=C/C(=O)c1ccco1. The third kappa shape index (κ3) is 3.24. The van der Waals surface area contributed by atoms with E-state index >= 15 is 0 Å². The van der Waals surface area contributed by atoms with Crippen LogP contribution in [0.25, 0.3) is 12.2 Å². The predicted octanol–water partition coefficient (Wildman–Crippen LogP) is 2.84. The first kappa shape index (κ1) is 16.8. The van der Waals surface area contributed by atoms with Gasteiger partial charge in [0.05, 0.1) is 10.8 Å². The number of benzene rings is 1. The fraction of sp³-hybridized carbons (Fsp3) is 0.0588. The molecule has 24 heavy (non-hydrogen) atoms. The van der Waals surface area contributed by atoms with Crippen LogP contribution in [0.1, 0.15) is 16.1 Å². The number of aromatic nitrogens is 1. The minimum atomic E-state index is -0.306. The summed E-state index contributed by atoms with van der Waals surface area (Å²) in [7, 11) is 1.60. The first-order chi connectivity index (χ1) is 11.5. The third-order valence-corrected chi connectivity index (χ3v) is 5.13. The van der Waals surface area contributed by atoms with Gasteiger partial charge < -0.3 is 8.98 Å². The van der Waals surface area contributed by atoms with Crippen LogP contribution in [0.5, 0.6) is 0 Å². The van der Waals surface area contributed by atoms with Gasteiger partial charge in [0.25, 0.3) is 5.56 Å². The fourth-order valence-electron chi connectivity index (χ4n) is 2.09. The van der Waals surface area contributed by atoms with Crippen molar-refractivity contribution < 1.29 is 9.21 Å². The number of rotatable bonds is 3. The quantitative estimate of drug-likeness (QED) is 0.657. The topological polar surface area (TPSA) is 52.2 Å². The number of nitrogens with zero attached hydrogens (tertiary/aromatic N) is 1. The van der Waals surface area contributed by atoms with Gasteiger partial charge in [0.15, 0.2) is 5.76 Å². The Morgan fingerprint density at radius 2 is 1.92 bits per heavy atom. The Kier molecular flexibility index (Phi) is 4.76.